The Bertz CT molecular complexity index is 372. The van der Waals surface area contributed by atoms with Crippen LogP contribution in [0.25, 0.3) is 0 Å². The molecule has 0 aliphatic heterocycles. The molecule has 0 saturated carbocycles. The molecule has 0 unspecified atom stereocenters. The Kier molecular flexibility index (Phi) is 6.57. The third-order valence-electron chi connectivity index (χ3n) is 2.33. The fourth-order valence-corrected chi connectivity index (χ4v) is 1.98. The predicted molar refractivity (Wildman–Crippen MR) is 72.3 cm³/mol. The first-order valence-electron chi connectivity index (χ1n) is 5.83. The molecule has 0 aromatic heterocycles. The Morgan fingerprint density at radius 3 is 2.67 bits per heavy atom. The first-order valence-corrected chi connectivity index (χ1v) is 6.62. The largest absolute Gasteiger partial charge is 0.493 e. The van der Waals surface area contributed by atoms with Gasteiger partial charge in [0.05, 0.1) is 6.61 Å². The molecule has 0 aliphatic rings. The second kappa shape index (κ2) is 7.69. The minimum atomic E-state index is -2.25. The van der Waals surface area contributed by atoms with Crippen LogP contribution in [0.3, 0.4) is 0 Å². The van der Waals surface area contributed by atoms with Gasteiger partial charge in [-0.3, -0.25) is 0 Å². The average molecular weight is 322 g/mol. The molecule has 0 atom stereocenters. The maximum absolute atomic E-state index is 12.0. The average Bonchev–Trinajstić information content (AvgIpc) is 2.25. The lowest BCUT2D eigenvalue weighted by atomic mass is 10.2. The summed E-state index contributed by atoms with van der Waals surface area (Å²) < 4.78 is 30.5. The van der Waals surface area contributed by atoms with Gasteiger partial charge in [0.15, 0.2) is 0 Å². The number of rotatable bonds is 7. The van der Waals surface area contributed by atoms with Crippen LogP contribution in [0.15, 0.2) is 22.7 Å². The summed E-state index contributed by atoms with van der Waals surface area (Å²) in [4.78, 5) is 2.04. The molecule has 18 heavy (non-hydrogen) atoms. The quantitative estimate of drug-likeness (QED) is 0.705. The summed E-state index contributed by atoms with van der Waals surface area (Å²) in [5.74, 6) is 0.765. The van der Waals surface area contributed by atoms with Crippen molar-refractivity contribution in [3.8, 4) is 5.75 Å². The van der Waals surface area contributed by atoms with Crippen molar-refractivity contribution in [1.29, 1.82) is 0 Å². The van der Waals surface area contributed by atoms with Gasteiger partial charge in [-0.05, 0) is 38.7 Å². The SMILES string of the molecule is CN(C)Cc1cc(Br)ccc1OCCCC(F)F. The zero-order chi connectivity index (χ0) is 13.5. The molecule has 5 heteroatoms. The maximum Gasteiger partial charge on any atom is 0.238 e. The summed E-state index contributed by atoms with van der Waals surface area (Å²) in [5.41, 5.74) is 1.05. The van der Waals surface area contributed by atoms with Gasteiger partial charge < -0.3 is 9.64 Å². The van der Waals surface area contributed by atoms with Crippen molar-refractivity contribution in [3.05, 3.63) is 28.2 Å². The molecule has 0 aliphatic carbocycles. The zero-order valence-electron chi connectivity index (χ0n) is 10.6. The van der Waals surface area contributed by atoms with Crippen molar-refractivity contribution in [2.24, 2.45) is 0 Å². The lowest BCUT2D eigenvalue weighted by molar-refractivity contribution is 0.126. The molecular formula is C13H18BrF2NO. The molecule has 0 N–H and O–H groups in total. The lowest BCUT2D eigenvalue weighted by Gasteiger charge is -2.15. The number of alkyl halides is 2. The molecular weight excluding hydrogens is 304 g/mol. The molecule has 0 radical (unpaired) electrons. The third kappa shape index (κ3) is 5.78. The van der Waals surface area contributed by atoms with Crippen molar-refractivity contribution in [2.45, 2.75) is 25.8 Å². The highest BCUT2D eigenvalue weighted by Gasteiger charge is 2.07. The van der Waals surface area contributed by atoms with Gasteiger partial charge in [0.2, 0.25) is 6.43 Å². The monoisotopic (exact) mass is 321 g/mol. The van der Waals surface area contributed by atoms with Gasteiger partial charge in [0, 0.05) is 23.0 Å². The van der Waals surface area contributed by atoms with E-state index in [1.807, 2.05) is 37.2 Å². The van der Waals surface area contributed by atoms with E-state index in [0.717, 1.165) is 22.3 Å². The number of benzene rings is 1. The van der Waals surface area contributed by atoms with Gasteiger partial charge in [-0.25, -0.2) is 8.78 Å². The number of ether oxygens (including phenoxy) is 1. The highest BCUT2D eigenvalue weighted by atomic mass is 79.9. The van der Waals surface area contributed by atoms with Crippen molar-refractivity contribution in [1.82, 2.24) is 4.90 Å². The molecule has 1 aromatic rings. The standard InChI is InChI=1S/C13H18BrF2NO/c1-17(2)9-10-8-11(14)5-6-12(10)18-7-3-4-13(15)16/h5-6,8,13H,3-4,7,9H2,1-2H3. The van der Waals surface area contributed by atoms with Crippen molar-refractivity contribution in [3.63, 3.8) is 0 Å². The van der Waals surface area contributed by atoms with Crippen molar-refractivity contribution in [2.75, 3.05) is 20.7 Å². The topological polar surface area (TPSA) is 12.5 Å². The van der Waals surface area contributed by atoms with Gasteiger partial charge in [0.1, 0.15) is 5.75 Å². The Morgan fingerprint density at radius 1 is 1.33 bits per heavy atom. The normalized spacial score (nSPS) is 11.3. The summed E-state index contributed by atoms with van der Waals surface area (Å²) in [6.07, 6.45) is -1.99. The predicted octanol–water partition coefficient (Wildman–Crippen LogP) is 3.93. The molecule has 102 valence electrons. The van der Waals surface area contributed by atoms with E-state index in [1.165, 1.54) is 0 Å². The van der Waals surface area contributed by atoms with E-state index in [9.17, 15) is 8.78 Å². The second-order valence-electron chi connectivity index (χ2n) is 4.37. The van der Waals surface area contributed by atoms with E-state index in [1.54, 1.807) is 0 Å². The summed E-state index contributed by atoms with van der Waals surface area (Å²) in [7, 11) is 3.95. The van der Waals surface area contributed by atoms with Gasteiger partial charge in [0.25, 0.3) is 0 Å². The van der Waals surface area contributed by atoms with Gasteiger partial charge in [-0.1, -0.05) is 15.9 Å². The van der Waals surface area contributed by atoms with Crippen molar-refractivity contribution < 1.29 is 13.5 Å². The highest BCUT2D eigenvalue weighted by Crippen LogP contribution is 2.24. The van der Waals surface area contributed by atoms with Gasteiger partial charge >= 0.3 is 0 Å². The first-order chi connectivity index (χ1) is 8.49. The minimum Gasteiger partial charge on any atom is -0.493 e. The zero-order valence-corrected chi connectivity index (χ0v) is 12.2. The van der Waals surface area contributed by atoms with E-state index < -0.39 is 6.43 Å². The van der Waals surface area contributed by atoms with E-state index >= 15 is 0 Å². The molecule has 0 bridgehead atoms. The van der Waals surface area contributed by atoms with Crippen LogP contribution in [0.2, 0.25) is 0 Å². The van der Waals surface area contributed by atoms with Crippen LogP contribution in [0.5, 0.6) is 5.75 Å². The van der Waals surface area contributed by atoms with E-state index in [-0.39, 0.29) is 6.42 Å². The van der Waals surface area contributed by atoms with Crippen LogP contribution in [-0.4, -0.2) is 32.0 Å². The fraction of sp³-hybridized carbons (Fsp3) is 0.538. The first kappa shape index (κ1) is 15.4. The van der Waals surface area contributed by atoms with Gasteiger partial charge in [-0.2, -0.15) is 0 Å². The number of hydrogen-bond donors (Lipinski definition) is 0. The summed E-state index contributed by atoms with van der Waals surface area (Å²) in [6.45, 7) is 1.08. The van der Waals surface area contributed by atoms with Crippen LogP contribution in [0.1, 0.15) is 18.4 Å². The number of hydrogen-bond acceptors (Lipinski definition) is 2. The second-order valence-corrected chi connectivity index (χ2v) is 5.29. The molecule has 0 saturated heterocycles. The Balaban J connectivity index is 2.57. The third-order valence-corrected chi connectivity index (χ3v) is 2.83. The molecule has 2 nitrogen and oxygen atoms in total. The molecule has 0 spiro atoms. The summed E-state index contributed by atoms with van der Waals surface area (Å²) >= 11 is 3.41. The molecule has 0 heterocycles. The Labute approximate surface area is 115 Å². The van der Waals surface area contributed by atoms with Crippen LogP contribution in [0.4, 0.5) is 8.78 Å². The van der Waals surface area contributed by atoms with E-state index in [2.05, 4.69) is 15.9 Å². The smallest absolute Gasteiger partial charge is 0.238 e. The molecule has 0 amide bonds. The molecule has 0 fully saturated rings. The lowest BCUT2D eigenvalue weighted by Crippen LogP contribution is -2.12. The Morgan fingerprint density at radius 2 is 2.06 bits per heavy atom. The maximum atomic E-state index is 12.0. The highest BCUT2D eigenvalue weighted by molar-refractivity contribution is 9.10. The minimum absolute atomic E-state index is 0.112. The summed E-state index contributed by atoms with van der Waals surface area (Å²) in [5, 5.41) is 0. The molecule has 1 aromatic carbocycles. The molecule has 1 rings (SSSR count). The van der Waals surface area contributed by atoms with Crippen LogP contribution in [-0.2, 0) is 6.54 Å². The van der Waals surface area contributed by atoms with E-state index in [0.29, 0.717) is 13.0 Å². The number of halogens is 3. The Hall–Kier alpha value is -0.680. The van der Waals surface area contributed by atoms with Crippen LogP contribution in [0, 0.1) is 0 Å². The van der Waals surface area contributed by atoms with Gasteiger partial charge in [-0.15, -0.1) is 0 Å². The fourth-order valence-electron chi connectivity index (χ4n) is 1.57. The summed E-state index contributed by atoms with van der Waals surface area (Å²) in [6, 6.07) is 5.75. The van der Waals surface area contributed by atoms with Crippen LogP contribution < -0.4 is 4.74 Å². The van der Waals surface area contributed by atoms with E-state index in [4.69, 9.17) is 4.74 Å². The van der Waals surface area contributed by atoms with Crippen molar-refractivity contribution >= 4 is 15.9 Å². The van der Waals surface area contributed by atoms with Crippen LogP contribution >= 0.6 is 15.9 Å². The number of nitrogens with zero attached hydrogens (tertiary/aromatic N) is 1.